The van der Waals surface area contributed by atoms with E-state index < -0.39 is 33.5 Å². The third-order valence-electron chi connectivity index (χ3n) is 6.66. The number of sulfonamides is 1. The number of carbonyl (C=O) groups excluding carboxylic acids is 2. The van der Waals surface area contributed by atoms with Gasteiger partial charge in [-0.2, -0.15) is 4.31 Å². The Morgan fingerprint density at radius 3 is 2.23 bits per heavy atom. The summed E-state index contributed by atoms with van der Waals surface area (Å²) in [6.45, 7) is 9.34. The second-order valence-corrected chi connectivity index (χ2v) is 14.8. The smallest absolute Gasteiger partial charge is 0.252 e. The van der Waals surface area contributed by atoms with Gasteiger partial charge >= 0.3 is 0 Å². The van der Waals surface area contributed by atoms with Crippen LogP contribution in [0.2, 0.25) is 0 Å². The number of ether oxygens (including phenoxy) is 2. The Morgan fingerprint density at radius 2 is 1.64 bits per heavy atom. The molecule has 2 N–H and O–H groups in total. The summed E-state index contributed by atoms with van der Waals surface area (Å²) in [6, 6.07) is 12.7. The minimum absolute atomic E-state index is 0. The lowest BCUT2D eigenvalue weighted by atomic mass is 9.91. The molecule has 0 aliphatic carbocycles. The van der Waals surface area contributed by atoms with Crippen LogP contribution in [0.25, 0.3) is 0 Å². The highest BCUT2D eigenvalue weighted by molar-refractivity contribution is 7.89. The Kier molecular flexibility index (Phi) is 13.5. The maximum Gasteiger partial charge on any atom is 0.252 e. The lowest BCUT2D eigenvalue weighted by Gasteiger charge is -2.38. The van der Waals surface area contributed by atoms with E-state index in [-0.39, 0.29) is 68.4 Å². The molecular formula is C31H47ClN4O7S. The highest BCUT2D eigenvalue weighted by Crippen LogP contribution is 2.35. The van der Waals surface area contributed by atoms with Crippen molar-refractivity contribution in [2.24, 2.45) is 11.3 Å². The van der Waals surface area contributed by atoms with E-state index in [2.05, 4.69) is 5.43 Å². The van der Waals surface area contributed by atoms with E-state index in [0.29, 0.717) is 11.5 Å². The van der Waals surface area contributed by atoms with Crippen LogP contribution in [-0.4, -0.2) is 92.2 Å². The molecule has 3 rings (SSSR count). The number of benzene rings is 2. The fourth-order valence-electron chi connectivity index (χ4n) is 4.78. The fraction of sp³-hybridized carbons (Fsp3) is 0.548. The first-order chi connectivity index (χ1) is 20.1. The number of aliphatic hydroxyl groups is 1. The monoisotopic (exact) mass is 654 g/mol. The van der Waals surface area contributed by atoms with E-state index >= 15 is 0 Å². The van der Waals surface area contributed by atoms with Crippen LogP contribution in [0, 0.1) is 11.3 Å². The molecule has 2 amide bonds. The SMILES string of the molecule is CC(C)CN(C[C@@H](O)[C@H](Cc1ccccc1)N(NC(=O)CN(C)C)C(=O)CC(C)(C)C)S(=O)(=O)c1ccc2c(c1)OCO2.Cl. The number of rotatable bonds is 13. The van der Waals surface area contributed by atoms with Gasteiger partial charge in [-0.05, 0) is 49.5 Å². The molecule has 0 bridgehead atoms. The Hall–Kier alpha value is -2.90. The number of nitrogens with one attached hydrogen (secondary N) is 1. The molecular weight excluding hydrogens is 608 g/mol. The number of hydrogen-bond acceptors (Lipinski definition) is 8. The van der Waals surface area contributed by atoms with Gasteiger partial charge in [-0.3, -0.25) is 15.0 Å². The van der Waals surface area contributed by atoms with Crippen LogP contribution >= 0.6 is 12.4 Å². The molecule has 1 aliphatic rings. The van der Waals surface area contributed by atoms with Gasteiger partial charge in [0.2, 0.25) is 22.7 Å². The molecule has 1 aliphatic heterocycles. The molecule has 0 saturated heterocycles. The largest absolute Gasteiger partial charge is 0.454 e. The number of hydrazine groups is 1. The van der Waals surface area contributed by atoms with Gasteiger partial charge in [0.25, 0.3) is 5.91 Å². The van der Waals surface area contributed by atoms with Gasteiger partial charge in [0.1, 0.15) is 0 Å². The van der Waals surface area contributed by atoms with Gasteiger partial charge in [-0.15, -0.1) is 12.4 Å². The third kappa shape index (κ3) is 10.6. The molecule has 0 unspecified atom stereocenters. The first-order valence-corrected chi connectivity index (χ1v) is 15.9. The Balaban J connectivity index is 0.00000675. The number of hydrogen-bond donors (Lipinski definition) is 2. The second-order valence-electron chi connectivity index (χ2n) is 12.8. The van der Waals surface area contributed by atoms with Gasteiger partial charge in [0.05, 0.1) is 23.6 Å². The summed E-state index contributed by atoms with van der Waals surface area (Å²) in [5.41, 5.74) is 3.14. The Labute approximate surface area is 267 Å². The molecule has 0 fully saturated rings. The van der Waals surface area contributed by atoms with Crippen molar-refractivity contribution in [2.75, 3.05) is 40.5 Å². The predicted octanol–water partition coefficient (Wildman–Crippen LogP) is 3.31. The van der Waals surface area contributed by atoms with Crippen molar-refractivity contribution in [1.29, 1.82) is 0 Å². The summed E-state index contributed by atoms with van der Waals surface area (Å²) < 4.78 is 39.8. The molecule has 246 valence electrons. The number of aliphatic hydroxyl groups excluding tert-OH is 1. The molecule has 2 aromatic rings. The van der Waals surface area contributed by atoms with Crippen LogP contribution in [0.3, 0.4) is 0 Å². The van der Waals surface area contributed by atoms with E-state index in [1.165, 1.54) is 21.4 Å². The zero-order valence-electron chi connectivity index (χ0n) is 26.6. The Morgan fingerprint density at radius 1 is 1.00 bits per heavy atom. The molecule has 11 nitrogen and oxygen atoms in total. The van der Waals surface area contributed by atoms with Gasteiger partial charge < -0.3 is 19.5 Å². The van der Waals surface area contributed by atoms with Crippen LogP contribution in [0.4, 0.5) is 0 Å². The lowest BCUT2D eigenvalue weighted by Crippen LogP contribution is -2.60. The third-order valence-corrected chi connectivity index (χ3v) is 8.49. The summed E-state index contributed by atoms with van der Waals surface area (Å²) in [5, 5.41) is 13.0. The number of halogens is 1. The summed E-state index contributed by atoms with van der Waals surface area (Å²) >= 11 is 0. The summed E-state index contributed by atoms with van der Waals surface area (Å²) in [4.78, 5) is 28.4. The van der Waals surface area contributed by atoms with E-state index in [9.17, 15) is 23.1 Å². The number of amides is 2. The zero-order chi connectivity index (χ0) is 31.9. The molecule has 0 saturated carbocycles. The first-order valence-electron chi connectivity index (χ1n) is 14.4. The number of nitrogens with zero attached hydrogens (tertiary/aromatic N) is 3. The summed E-state index contributed by atoms with van der Waals surface area (Å²) in [5.74, 6) is -0.0884. The topological polar surface area (TPSA) is 129 Å². The van der Waals surface area contributed by atoms with Crippen molar-refractivity contribution >= 4 is 34.2 Å². The van der Waals surface area contributed by atoms with E-state index in [1.807, 2.05) is 65.0 Å². The number of carbonyl (C=O) groups is 2. The van der Waals surface area contributed by atoms with Crippen molar-refractivity contribution in [2.45, 2.75) is 64.5 Å². The second kappa shape index (κ2) is 15.9. The van der Waals surface area contributed by atoms with Crippen molar-refractivity contribution in [3.05, 3.63) is 54.1 Å². The fourth-order valence-corrected chi connectivity index (χ4v) is 6.41. The quantitative estimate of drug-likeness (QED) is 0.315. The predicted molar refractivity (Wildman–Crippen MR) is 171 cm³/mol. The lowest BCUT2D eigenvalue weighted by molar-refractivity contribution is -0.149. The molecule has 0 spiro atoms. The molecule has 1 heterocycles. The normalized spacial score (nSPS) is 14.3. The Bertz CT molecular complexity index is 1350. The summed E-state index contributed by atoms with van der Waals surface area (Å²) in [7, 11) is -0.616. The highest BCUT2D eigenvalue weighted by Gasteiger charge is 2.37. The zero-order valence-corrected chi connectivity index (χ0v) is 28.3. The van der Waals surface area contributed by atoms with Crippen LogP contribution in [0.5, 0.6) is 11.5 Å². The van der Waals surface area contributed by atoms with Gasteiger partial charge in [0, 0.05) is 25.6 Å². The molecule has 44 heavy (non-hydrogen) atoms. The highest BCUT2D eigenvalue weighted by atomic mass is 35.5. The minimum Gasteiger partial charge on any atom is -0.454 e. The van der Waals surface area contributed by atoms with Gasteiger partial charge in [-0.1, -0.05) is 65.0 Å². The van der Waals surface area contributed by atoms with Crippen molar-refractivity contribution in [1.82, 2.24) is 19.6 Å². The molecule has 0 aromatic heterocycles. The van der Waals surface area contributed by atoms with Crippen molar-refractivity contribution < 1.29 is 32.6 Å². The van der Waals surface area contributed by atoms with Crippen molar-refractivity contribution in [3.63, 3.8) is 0 Å². The maximum absolute atomic E-state index is 13.9. The minimum atomic E-state index is -4.09. The van der Waals surface area contributed by atoms with Gasteiger partial charge in [-0.25, -0.2) is 13.4 Å². The van der Waals surface area contributed by atoms with Crippen molar-refractivity contribution in [3.8, 4) is 11.5 Å². The molecule has 2 atom stereocenters. The number of fused-ring (bicyclic) bond motifs is 1. The standard InChI is InChI=1S/C31H46N4O7S.ClH/c1-22(2)18-34(43(39,40)24-13-14-27-28(16-24)42-21-41-27)19-26(36)25(15-23-11-9-8-10-12-23)35(30(38)17-31(3,4)5)32-29(37)20-33(6)7;/h8-14,16,22,25-26,36H,15,17-21H2,1-7H3,(H,32,37);1H/t25-,26+;/m0./s1. The summed E-state index contributed by atoms with van der Waals surface area (Å²) in [6.07, 6.45) is -1.08. The van der Waals surface area contributed by atoms with E-state index in [1.54, 1.807) is 25.1 Å². The van der Waals surface area contributed by atoms with E-state index in [4.69, 9.17) is 9.47 Å². The van der Waals surface area contributed by atoms with E-state index in [0.717, 1.165) is 5.56 Å². The molecule has 2 aromatic carbocycles. The van der Waals surface area contributed by atoms with Gasteiger partial charge in [0.15, 0.2) is 11.5 Å². The van der Waals surface area contributed by atoms with Crippen LogP contribution in [-0.2, 0) is 26.0 Å². The average Bonchev–Trinajstić information content (AvgIpc) is 3.37. The average molecular weight is 655 g/mol. The van der Waals surface area contributed by atoms with Crippen LogP contribution in [0.1, 0.15) is 46.6 Å². The first kappa shape index (κ1) is 37.3. The number of likely N-dealkylation sites (N-methyl/N-ethyl adjacent to an activating group) is 1. The molecule has 13 heteroatoms. The maximum atomic E-state index is 13.9. The van der Waals surface area contributed by atoms with Crippen LogP contribution < -0.4 is 14.9 Å². The molecule has 0 radical (unpaired) electrons. The van der Waals surface area contributed by atoms with Crippen LogP contribution in [0.15, 0.2) is 53.4 Å².